The van der Waals surface area contributed by atoms with Crippen molar-refractivity contribution in [2.75, 3.05) is 20.2 Å². The Balaban J connectivity index is 1.64. The molecule has 0 radical (unpaired) electrons. The second-order valence-corrected chi connectivity index (χ2v) is 6.96. The van der Waals surface area contributed by atoms with Gasteiger partial charge in [0.2, 0.25) is 0 Å². The van der Waals surface area contributed by atoms with Crippen molar-refractivity contribution in [2.24, 2.45) is 17.3 Å². The van der Waals surface area contributed by atoms with Gasteiger partial charge in [0.25, 0.3) is 0 Å². The predicted molar refractivity (Wildman–Crippen MR) is 82.0 cm³/mol. The first-order valence-corrected chi connectivity index (χ1v) is 8.37. The topological polar surface area (TPSA) is 63.0 Å². The van der Waals surface area contributed by atoms with E-state index in [0.29, 0.717) is 23.9 Å². The zero-order valence-corrected chi connectivity index (χ0v) is 13.3. The van der Waals surface area contributed by atoms with Gasteiger partial charge in [-0.2, -0.15) is 0 Å². The van der Waals surface area contributed by atoms with Gasteiger partial charge in [0.1, 0.15) is 0 Å². The highest BCUT2D eigenvalue weighted by Gasteiger charge is 2.59. The van der Waals surface area contributed by atoms with Gasteiger partial charge < -0.3 is 10.4 Å². The van der Waals surface area contributed by atoms with E-state index in [2.05, 4.69) is 27.2 Å². The van der Waals surface area contributed by atoms with Crippen LogP contribution in [0.4, 0.5) is 0 Å². The van der Waals surface area contributed by atoms with E-state index in [9.17, 15) is 5.11 Å². The second kappa shape index (κ2) is 6.05. The largest absolute Gasteiger partial charge is 0.396 e. The maximum absolute atomic E-state index is 9.54. The van der Waals surface area contributed by atoms with Crippen molar-refractivity contribution >= 4 is 0 Å². The fourth-order valence-electron chi connectivity index (χ4n) is 4.26. The van der Waals surface area contributed by atoms with Gasteiger partial charge in [0.05, 0.1) is 11.4 Å². The van der Waals surface area contributed by atoms with E-state index < -0.39 is 0 Å². The summed E-state index contributed by atoms with van der Waals surface area (Å²) < 4.78 is 2.13. The number of aliphatic hydroxyl groups excluding tert-OH is 1. The van der Waals surface area contributed by atoms with E-state index in [-0.39, 0.29) is 0 Å². The fourth-order valence-corrected chi connectivity index (χ4v) is 4.26. The van der Waals surface area contributed by atoms with Gasteiger partial charge in [0.15, 0.2) is 0 Å². The van der Waals surface area contributed by atoms with Crippen LogP contribution in [0.1, 0.15) is 44.0 Å². The average molecular weight is 292 g/mol. The molecule has 3 atom stereocenters. The zero-order valence-electron chi connectivity index (χ0n) is 13.3. The van der Waals surface area contributed by atoms with Crippen LogP contribution in [0.5, 0.6) is 0 Å². The summed E-state index contributed by atoms with van der Waals surface area (Å²) in [7, 11) is 2.00. The Morgan fingerprint density at radius 3 is 3.00 bits per heavy atom. The minimum absolute atomic E-state index is 0.348. The minimum atomic E-state index is 0.348. The highest BCUT2D eigenvalue weighted by molar-refractivity contribution is 5.18. The lowest BCUT2D eigenvalue weighted by molar-refractivity contribution is 0.248. The molecule has 2 aliphatic rings. The highest BCUT2D eigenvalue weighted by Crippen LogP contribution is 2.63. The molecule has 2 aliphatic carbocycles. The minimum Gasteiger partial charge on any atom is -0.396 e. The molecule has 118 valence electrons. The zero-order chi connectivity index (χ0) is 14.9. The van der Waals surface area contributed by atoms with Gasteiger partial charge in [0, 0.05) is 13.2 Å². The van der Waals surface area contributed by atoms with E-state index in [1.807, 2.05) is 7.05 Å². The van der Waals surface area contributed by atoms with E-state index in [1.165, 1.54) is 24.2 Å². The standard InChI is InChI=1S/C16H28N4O/c1-16-8-7-14-15(6-5-12(16)13(16)11-21)20(19-18-14)10-4-3-9-17-2/h12-13,17,21H,3-11H2,1-2H3/t12-,13?,16-/m1/s1. The lowest BCUT2D eigenvalue weighted by Crippen LogP contribution is -2.13. The molecular weight excluding hydrogens is 264 g/mol. The number of hydrogen-bond donors (Lipinski definition) is 2. The third-order valence-corrected chi connectivity index (χ3v) is 5.82. The molecule has 0 saturated heterocycles. The van der Waals surface area contributed by atoms with Crippen LogP contribution in [0.15, 0.2) is 0 Å². The maximum atomic E-state index is 9.54. The third-order valence-electron chi connectivity index (χ3n) is 5.82. The summed E-state index contributed by atoms with van der Waals surface area (Å²) in [5.41, 5.74) is 2.90. The van der Waals surface area contributed by atoms with Crippen LogP contribution in [0, 0.1) is 17.3 Å². The van der Waals surface area contributed by atoms with Crippen LogP contribution in [-0.4, -0.2) is 40.3 Å². The predicted octanol–water partition coefficient (Wildman–Crippen LogP) is 1.40. The monoisotopic (exact) mass is 292 g/mol. The molecular formula is C16H28N4O. The van der Waals surface area contributed by atoms with E-state index in [1.54, 1.807) is 0 Å². The maximum Gasteiger partial charge on any atom is 0.0859 e. The Labute approximate surface area is 127 Å². The van der Waals surface area contributed by atoms with Gasteiger partial charge in [-0.05, 0) is 69.4 Å². The molecule has 5 heteroatoms. The van der Waals surface area contributed by atoms with Crippen LogP contribution in [-0.2, 0) is 19.4 Å². The average Bonchev–Trinajstić information content (AvgIpc) is 2.84. The van der Waals surface area contributed by atoms with Crippen molar-refractivity contribution in [2.45, 2.75) is 52.0 Å². The Morgan fingerprint density at radius 2 is 2.24 bits per heavy atom. The highest BCUT2D eigenvalue weighted by atomic mass is 16.3. The van der Waals surface area contributed by atoms with Crippen molar-refractivity contribution < 1.29 is 5.11 Å². The summed E-state index contributed by atoms with van der Waals surface area (Å²) in [6.07, 6.45) is 6.75. The van der Waals surface area contributed by atoms with Crippen molar-refractivity contribution in [1.82, 2.24) is 20.3 Å². The quantitative estimate of drug-likeness (QED) is 0.778. The van der Waals surface area contributed by atoms with Crippen LogP contribution < -0.4 is 5.32 Å². The number of rotatable bonds is 6. The van der Waals surface area contributed by atoms with Crippen molar-refractivity contribution in [3.63, 3.8) is 0 Å². The first-order valence-electron chi connectivity index (χ1n) is 8.37. The molecule has 0 aliphatic heterocycles. The van der Waals surface area contributed by atoms with Crippen LogP contribution >= 0.6 is 0 Å². The number of aromatic nitrogens is 3. The van der Waals surface area contributed by atoms with E-state index in [0.717, 1.165) is 38.8 Å². The number of aryl methyl sites for hydroxylation is 2. The summed E-state index contributed by atoms with van der Waals surface area (Å²) in [6, 6.07) is 0. The molecule has 2 N–H and O–H groups in total. The van der Waals surface area contributed by atoms with Crippen LogP contribution in [0.25, 0.3) is 0 Å². The molecule has 1 aromatic rings. The molecule has 1 aromatic heterocycles. The normalized spacial score (nSPS) is 31.2. The molecule has 1 unspecified atom stereocenters. The fraction of sp³-hybridized carbons (Fsp3) is 0.875. The molecule has 21 heavy (non-hydrogen) atoms. The van der Waals surface area contributed by atoms with Crippen LogP contribution in [0.3, 0.4) is 0 Å². The smallest absolute Gasteiger partial charge is 0.0859 e. The van der Waals surface area contributed by atoms with Crippen molar-refractivity contribution in [1.29, 1.82) is 0 Å². The Kier molecular flexibility index (Phi) is 4.31. The summed E-state index contributed by atoms with van der Waals surface area (Å²) in [4.78, 5) is 0. The molecule has 0 amide bonds. The molecule has 1 fully saturated rings. The van der Waals surface area contributed by atoms with Crippen molar-refractivity contribution in [3.05, 3.63) is 11.4 Å². The molecule has 0 aromatic carbocycles. The molecule has 5 nitrogen and oxygen atoms in total. The third kappa shape index (κ3) is 2.73. The van der Waals surface area contributed by atoms with Crippen LogP contribution in [0.2, 0.25) is 0 Å². The Morgan fingerprint density at radius 1 is 1.38 bits per heavy atom. The lowest BCUT2D eigenvalue weighted by Gasteiger charge is -2.15. The number of aliphatic hydroxyl groups is 1. The van der Waals surface area contributed by atoms with Gasteiger partial charge in [-0.25, -0.2) is 4.68 Å². The Bertz CT molecular complexity index is 487. The van der Waals surface area contributed by atoms with E-state index in [4.69, 9.17) is 0 Å². The lowest BCUT2D eigenvalue weighted by atomic mass is 9.92. The SMILES string of the molecule is CNCCCCn1nnc2c1CC[C@@H]1C(CO)[C@]1(C)CC2. The molecule has 0 spiro atoms. The van der Waals surface area contributed by atoms with Gasteiger partial charge in [-0.15, -0.1) is 5.10 Å². The number of fused-ring (bicyclic) bond motifs is 2. The summed E-state index contributed by atoms with van der Waals surface area (Å²) in [5, 5.41) is 21.5. The Hall–Kier alpha value is -0.940. The summed E-state index contributed by atoms with van der Waals surface area (Å²) in [5.74, 6) is 1.21. The number of nitrogens with zero attached hydrogens (tertiary/aromatic N) is 3. The van der Waals surface area contributed by atoms with E-state index >= 15 is 0 Å². The number of hydrogen-bond acceptors (Lipinski definition) is 4. The molecule has 1 heterocycles. The summed E-state index contributed by atoms with van der Waals surface area (Å²) >= 11 is 0. The molecule has 0 bridgehead atoms. The second-order valence-electron chi connectivity index (χ2n) is 6.96. The van der Waals surface area contributed by atoms with Gasteiger partial charge >= 0.3 is 0 Å². The first kappa shape index (κ1) is 15.0. The number of nitrogens with one attached hydrogen (secondary N) is 1. The summed E-state index contributed by atoms with van der Waals surface area (Å²) in [6.45, 7) is 4.73. The molecule has 3 rings (SSSR count). The van der Waals surface area contributed by atoms with Crippen molar-refractivity contribution in [3.8, 4) is 0 Å². The number of unbranched alkanes of at least 4 members (excludes halogenated alkanes) is 1. The molecule has 1 saturated carbocycles. The van der Waals surface area contributed by atoms with Gasteiger partial charge in [-0.1, -0.05) is 12.1 Å². The van der Waals surface area contributed by atoms with Gasteiger partial charge in [-0.3, -0.25) is 0 Å². The first-order chi connectivity index (χ1) is 10.2.